The molecule has 0 saturated heterocycles. The molecule has 2 N–H and O–H groups in total. The van der Waals surface area contributed by atoms with E-state index in [9.17, 15) is 14.7 Å². The molecule has 112 valence electrons. The van der Waals surface area contributed by atoms with Gasteiger partial charge < -0.3 is 15.0 Å². The Morgan fingerprint density at radius 3 is 2.76 bits per heavy atom. The van der Waals surface area contributed by atoms with E-state index in [0.717, 1.165) is 11.0 Å². The summed E-state index contributed by atoms with van der Waals surface area (Å²) in [6.07, 6.45) is 2.07. The monoisotopic (exact) mass is 289 g/mol. The summed E-state index contributed by atoms with van der Waals surface area (Å²) in [4.78, 5) is 27.4. The van der Waals surface area contributed by atoms with E-state index in [4.69, 9.17) is 0 Å². The molecular formula is C15H19N3O3. The molecule has 1 amide bonds. The van der Waals surface area contributed by atoms with E-state index < -0.39 is 11.4 Å². The van der Waals surface area contributed by atoms with Crippen molar-refractivity contribution in [2.75, 3.05) is 6.54 Å². The molecule has 2 rings (SSSR count). The van der Waals surface area contributed by atoms with Crippen LogP contribution in [-0.2, 0) is 16.1 Å². The van der Waals surface area contributed by atoms with Crippen molar-refractivity contribution in [1.29, 1.82) is 0 Å². The van der Waals surface area contributed by atoms with Gasteiger partial charge in [-0.15, -0.1) is 0 Å². The summed E-state index contributed by atoms with van der Waals surface area (Å²) in [7, 11) is 0. The minimum Gasteiger partial charge on any atom is -0.481 e. The first-order chi connectivity index (χ1) is 9.96. The molecule has 1 aromatic heterocycles. The number of fused-ring (bicyclic) bond motifs is 1. The maximum absolute atomic E-state index is 12.0. The number of rotatable bonds is 6. The van der Waals surface area contributed by atoms with Crippen LogP contribution in [0.5, 0.6) is 0 Å². The minimum atomic E-state index is -0.938. The lowest BCUT2D eigenvalue weighted by Gasteiger charge is -2.23. The molecule has 0 radical (unpaired) electrons. The van der Waals surface area contributed by atoms with Crippen LogP contribution in [0.2, 0.25) is 0 Å². The maximum Gasteiger partial charge on any atom is 0.311 e. The van der Waals surface area contributed by atoms with Gasteiger partial charge in [0.1, 0.15) is 6.54 Å². The first-order valence-electron chi connectivity index (χ1n) is 6.86. The minimum absolute atomic E-state index is 0.115. The fraction of sp³-hybridized carbons (Fsp3) is 0.400. The van der Waals surface area contributed by atoms with Crippen LogP contribution in [0.15, 0.2) is 30.6 Å². The quantitative estimate of drug-likeness (QED) is 0.847. The standard InChI is InChI=1S/C15H19N3O3/c1-3-15(2,14(20)21)9-16-13(19)8-18-10-17-11-6-4-5-7-12(11)18/h4-7,10H,3,8-9H2,1-2H3,(H,16,19)(H,20,21). The Hall–Kier alpha value is -2.37. The summed E-state index contributed by atoms with van der Waals surface area (Å²) in [5.41, 5.74) is 0.769. The third-order valence-corrected chi connectivity index (χ3v) is 3.81. The van der Waals surface area contributed by atoms with Crippen molar-refractivity contribution in [3.63, 3.8) is 0 Å². The van der Waals surface area contributed by atoms with E-state index in [1.807, 2.05) is 24.3 Å². The molecule has 0 aliphatic heterocycles. The number of amides is 1. The largest absolute Gasteiger partial charge is 0.481 e. The number of benzene rings is 1. The predicted molar refractivity (Wildman–Crippen MR) is 78.8 cm³/mol. The van der Waals surface area contributed by atoms with E-state index in [1.54, 1.807) is 24.7 Å². The summed E-state index contributed by atoms with van der Waals surface area (Å²) >= 11 is 0. The normalized spacial score (nSPS) is 13.8. The fourth-order valence-corrected chi connectivity index (χ4v) is 1.99. The zero-order chi connectivity index (χ0) is 15.5. The third-order valence-electron chi connectivity index (χ3n) is 3.81. The highest BCUT2D eigenvalue weighted by molar-refractivity contribution is 5.81. The van der Waals surface area contributed by atoms with Gasteiger partial charge in [0.05, 0.1) is 22.8 Å². The van der Waals surface area contributed by atoms with Gasteiger partial charge in [0.15, 0.2) is 0 Å². The molecule has 6 nitrogen and oxygen atoms in total. The molecule has 21 heavy (non-hydrogen) atoms. The van der Waals surface area contributed by atoms with E-state index in [1.165, 1.54) is 0 Å². The topological polar surface area (TPSA) is 84.2 Å². The highest BCUT2D eigenvalue weighted by Crippen LogP contribution is 2.20. The summed E-state index contributed by atoms with van der Waals surface area (Å²) in [5, 5.41) is 11.9. The summed E-state index contributed by atoms with van der Waals surface area (Å²) in [6, 6.07) is 7.54. The van der Waals surface area contributed by atoms with Gasteiger partial charge in [-0.3, -0.25) is 9.59 Å². The number of nitrogens with zero attached hydrogens (tertiary/aromatic N) is 2. The van der Waals surface area contributed by atoms with Gasteiger partial charge in [-0.1, -0.05) is 19.1 Å². The molecule has 0 fully saturated rings. The van der Waals surface area contributed by atoms with Gasteiger partial charge >= 0.3 is 5.97 Å². The molecule has 1 heterocycles. The van der Waals surface area contributed by atoms with Crippen LogP contribution in [0, 0.1) is 5.41 Å². The van der Waals surface area contributed by atoms with Gasteiger partial charge in [0.2, 0.25) is 5.91 Å². The second kappa shape index (κ2) is 5.95. The Labute approximate surface area is 122 Å². The Kier molecular flexibility index (Phi) is 4.26. The Morgan fingerprint density at radius 1 is 1.38 bits per heavy atom. The van der Waals surface area contributed by atoms with Crippen molar-refractivity contribution in [2.24, 2.45) is 5.41 Å². The number of aliphatic carboxylic acids is 1. The Bertz CT molecular complexity index is 665. The second-order valence-corrected chi connectivity index (χ2v) is 5.36. The molecular weight excluding hydrogens is 270 g/mol. The van der Waals surface area contributed by atoms with Crippen LogP contribution in [0.3, 0.4) is 0 Å². The summed E-state index contributed by atoms with van der Waals surface area (Å²) < 4.78 is 1.74. The third kappa shape index (κ3) is 3.21. The molecule has 0 aliphatic rings. The van der Waals surface area contributed by atoms with Crippen LogP contribution < -0.4 is 5.32 Å². The molecule has 1 unspecified atom stereocenters. The van der Waals surface area contributed by atoms with Gasteiger partial charge in [-0.05, 0) is 25.5 Å². The zero-order valence-electron chi connectivity index (χ0n) is 12.2. The first-order valence-corrected chi connectivity index (χ1v) is 6.86. The van der Waals surface area contributed by atoms with Gasteiger partial charge in [-0.25, -0.2) is 4.98 Å². The van der Waals surface area contributed by atoms with Crippen LogP contribution in [0.1, 0.15) is 20.3 Å². The number of carboxylic acid groups (broad SMARTS) is 1. The van der Waals surface area contributed by atoms with Crippen molar-refractivity contribution in [3.05, 3.63) is 30.6 Å². The zero-order valence-corrected chi connectivity index (χ0v) is 12.2. The molecule has 0 saturated carbocycles. The maximum atomic E-state index is 12.0. The SMILES string of the molecule is CCC(C)(CNC(=O)Cn1cnc2ccccc21)C(=O)O. The average molecular weight is 289 g/mol. The molecule has 2 aromatic rings. The number of para-hydroxylation sites is 2. The van der Waals surface area contributed by atoms with Crippen molar-refractivity contribution < 1.29 is 14.7 Å². The highest BCUT2D eigenvalue weighted by atomic mass is 16.4. The smallest absolute Gasteiger partial charge is 0.311 e. The molecule has 0 bridgehead atoms. The van der Waals surface area contributed by atoms with Gasteiger partial charge in [0.25, 0.3) is 0 Å². The van der Waals surface area contributed by atoms with Crippen LogP contribution in [0.25, 0.3) is 11.0 Å². The number of nitrogens with one attached hydrogen (secondary N) is 1. The molecule has 1 atom stereocenters. The van der Waals surface area contributed by atoms with Crippen molar-refractivity contribution in [1.82, 2.24) is 14.9 Å². The molecule has 1 aromatic carbocycles. The van der Waals surface area contributed by atoms with Crippen molar-refractivity contribution in [2.45, 2.75) is 26.8 Å². The summed E-state index contributed by atoms with van der Waals surface area (Å²) in [6.45, 7) is 3.66. The summed E-state index contributed by atoms with van der Waals surface area (Å²) in [5.74, 6) is -1.13. The molecule has 0 aliphatic carbocycles. The van der Waals surface area contributed by atoms with Crippen molar-refractivity contribution in [3.8, 4) is 0 Å². The number of aromatic nitrogens is 2. The lowest BCUT2D eigenvalue weighted by Crippen LogP contribution is -2.41. The fourth-order valence-electron chi connectivity index (χ4n) is 1.99. The van der Waals surface area contributed by atoms with Gasteiger partial charge in [0, 0.05) is 6.54 Å². The van der Waals surface area contributed by atoms with E-state index in [2.05, 4.69) is 10.3 Å². The lowest BCUT2D eigenvalue weighted by atomic mass is 9.88. The number of hydrogen-bond acceptors (Lipinski definition) is 3. The first kappa shape index (κ1) is 15.0. The Morgan fingerprint density at radius 2 is 2.10 bits per heavy atom. The Balaban J connectivity index is 2.01. The molecule has 0 spiro atoms. The second-order valence-electron chi connectivity index (χ2n) is 5.36. The number of carbonyl (C=O) groups excluding carboxylic acids is 1. The molecule has 6 heteroatoms. The van der Waals surface area contributed by atoms with Crippen molar-refractivity contribution >= 4 is 22.9 Å². The van der Waals surface area contributed by atoms with E-state index in [-0.39, 0.29) is 19.0 Å². The predicted octanol–water partition coefficient (Wildman–Crippen LogP) is 1.65. The number of hydrogen-bond donors (Lipinski definition) is 2. The highest BCUT2D eigenvalue weighted by Gasteiger charge is 2.31. The van der Waals surface area contributed by atoms with Crippen LogP contribution in [-0.4, -0.2) is 33.1 Å². The van der Waals surface area contributed by atoms with Crippen LogP contribution >= 0.6 is 0 Å². The lowest BCUT2D eigenvalue weighted by molar-refractivity contribution is -0.148. The van der Waals surface area contributed by atoms with Crippen LogP contribution in [0.4, 0.5) is 0 Å². The van der Waals surface area contributed by atoms with Gasteiger partial charge in [-0.2, -0.15) is 0 Å². The number of imidazole rings is 1. The number of carboxylic acids is 1. The van der Waals surface area contributed by atoms with E-state index >= 15 is 0 Å². The number of carbonyl (C=O) groups is 2. The average Bonchev–Trinajstić information content (AvgIpc) is 2.88. The van der Waals surface area contributed by atoms with E-state index in [0.29, 0.717) is 6.42 Å².